The smallest absolute Gasteiger partial charge is 0.454 e. The number of hydrogen-bond acceptors (Lipinski definition) is 3. The molecule has 1 aromatic carbocycles. The minimum Gasteiger partial charge on any atom is -0.454 e. The zero-order chi connectivity index (χ0) is 17.7. The van der Waals surface area contributed by atoms with E-state index in [0.29, 0.717) is 5.56 Å². The number of amides is 1. The first-order chi connectivity index (χ1) is 10.5. The zero-order valence-corrected chi connectivity index (χ0v) is 11.4. The summed E-state index contributed by atoms with van der Waals surface area (Å²) in [6, 6.07) is 5.59. The fraction of sp³-hybridized carbons (Fsp3) is 0.385. The van der Waals surface area contributed by atoms with Crippen molar-refractivity contribution in [2.45, 2.75) is 24.8 Å². The van der Waals surface area contributed by atoms with Gasteiger partial charge in [0, 0.05) is 6.42 Å². The van der Waals surface area contributed by atoms with Crippen molar-refractivity contribution < 1.29 is 40.7 Å². The van der Waals surface area contributed by atoms with Gasteiger partial charge in [0.2, 0.25) is 0 Å². The van der Waals surface area contributed by atoms with Crippen molar-refractivity contribution in [2.24, 2.45) is 0 Å². The molecule has 0 aliphatic rings. The van der Waals surface area contributed by atoms with Gasteiger partial charge in [-0.2, -0.15) is 26.3 Å². The number of nitrogens with one attached hydrogen (secondary N) is 1. The minimum absolute atomic E-state index is 0.337. The highest BCUT2D eigenvalue weighted by molar-refractivity contribution is 5.87. The number of carbonyl (C=O) groups is 2. The Labute approximate surface area is 126 Å². The maximum absolute atomic E-state index is 12.2. The van der Waals surface area contributed by atoms with Crippen LogP contribution in [0.4, 0.5) is 26.3 Å². The predicted molar refractivity (Wildman–Crippen MR) is 65.1 cm³/mol. The van der Waals surface area contributed by atoms with Gasteiger partial charge in [-0.15, -0.1) is 0 Å². The molecule has 1 N–H and O–H groups in total. The first-order valence-electron chi connectivity index (χ1n) is 6.14. The third-order valence-electron chi connectivity index (χ3n) is 2.51. The fourth-order valence-electron chi connectivity index (χ4n) is 1.54. The standard InChI is InChI=1S/C13H11F6NO3/c14-12(15,16)7-23-10(21)9(20-11(22)13(17,18)19)6-8-4-2-1-3-5-8/h1-5,9H,6-7H2,(H,20,22)/t9-/m1/s1. The van der Waals surface area contributed by atoms with Gasteiger partial charge >= 0.3 is 24.2 Å². The quantitative estimate of drug-likeness (QED) is 0.660. The fourth-order valence-corrected chi connectivity index (χ4v) is 1.54. The molecule has 0 fully saturated rings. The Morgan fingerprint density at radius 2 is 1.61 bits per heavy atom. The number of rotatable bonds is 5. The monoisotopic (exact) mass is 343 g/mol. The first kappa shape index (κ1) is 18.8. The Hall–Kier alpha value is -2.26. The van der Waals surface area contributed by atoms with E-state index in [1.54, 1.807) is 6.07 Å². The number of carbonyl (C=O) groups excluding carboxylic acids is 2. The lowest BCUT2D eigenvalue weighted by atomic mass is 10.1. The zero-order valence-electron chi connectivity index (χ0n) is 11.4. The molecule has 0 radical (unpaired) electrons. The predicted octanol–water partition coefficient (Wildman–Crippen LogP) is 2.38. The van der Waals surface area contributed by atoms with Gasteiger partial charge in [0.05, 0.1) is 0 Å². The summed E-state index contributed by atoms with van der Waals surface area (Å²) in [5, 5.41) is 1.34. The SMILES string of the molecule is O=C(OCC(F)(F)F)[C@@H](Cc1ccccc1)NC(=O)C(F)(F)F. The highest BCUT2D eigenvalue weighted by Crippen LogP contribution is 2.17. The number of hydrogen-bond donors (Lipinski definition) is 1. The van der Waals surface area contributed by atoms with Crippen LogP contribution in [0.5, 0.6) is 0 Å². The lowest BCUT2D eigenvalue weighted by Crippen LogP contribution is -2.49. The number of halogens is 6. The van der Waals surface area contributed by atoms with Gasteiger partial charge in [0.15, 0.2) is 6.61 Å². The lowest BCUT2D eigenvalue weighted by Gasteiger charge is -2.19. The Kier molecular flexibility index (Phi) is 5.99. The number of esters is 1. The molecule has 10 heteroatoms. The topological polar surface area (TPSA) is 55.4 Å². The van der Waals surface area contributed by atoms with Gasteiger partial charge in [-0.25, -0.2) is 4.79 Å². The van der Waals surface area contributed by atoms with Crippen molar-refractivity contribution in [1.29, 1.82) is 0 Å². The van der Waals surface area contributed by atoms with Crippen LogP contribution in [-0.2, 0) is 20.7 Å². The van der Waals surface area contributed by atoms with Crippen LogP contribution >= 0.6 is 0 Å². The van der Waals surface area contributed by atoms with E-state index in [-0.39, 0.29) is 0 Å². The summed E-state index contributed by atoms with van der Waals surface area (Å²) in [5.41, 5.74) is 0.337. The van der Waals surface area contributed by atoms with Gasteiger partial charge < -0.3 is 10.1 Å². The van der Waals surface area contributed by atoms with E-state index in [4.69, 9.17) is 0 Å². The molecule has 1 rings (SSSR count). The van der Waals surface area contributed by atoms with E-state index >= 15 is 0 Å². The molecule has 0 aromatic heterocycles. The molecule has 128 valence electrons. The van der Waals surface area contributed by atoms with Crippen LogP contribution < -0.4 is 5.32 Å². The van der Waals surface area contributed by atoms with Gasteiger partial charge in [-0.3, -0.25) is 4.79 Å². The van der Waals surface area contributed by atoms with Gasteiger partial charge in [-0.05, 0) is 5.56 Å². The van der Waals surface area contributed by atoms with E-state index in [0.717, 1.165) is 0 Å². The summed E-state index contributed by atoms with van der Waals surface area (Å²) in [5.74, 6) is -4.05. The van der Waals surface area contributed by atoms with Crippen molar-refractivity contribution >= 4 is 11.9 Å². The third kappa shape index (κ3) is 7.02. The molecule has 1 amide bonds. The molecule has 4 nitrogen and oxygen atoms in total. The van der Waals surface area contributed by atoms with Crippen LogP contribution in [0.1, 0.15) is 5.56 Å². The van der Waals surface area contributed by atoms with Crippen molar-refractivity contribution in [3.8, 4) is 0 Å². The van der Waals surface area contributed by atoms with Crippen molar-refractivity contribution in [3.63, 3.8) is 0 Å². The molecule has 0 saturated heterocycles. The second kappa shape index (κ2) is 7.34. The molecule has 0 aliphatic carbocycles. The summed E-state index contributed by atoms with van der Waals surface area (Å²) in [6.45, 7) is -1.96. The normalized spacial score (nSPS) is 13.3. The summed E-state index contributed by atoms with van der Waals surface area (Å²) in [7, 11) is 0. The van der Waals surface area contributed by atoms with Crippen LogP contribution in [0.25, 0.3) is 0 Å². The average molecular weight is 343 g/mol. The minimum atomic E-state index is -5.28. The molecule has 0 heterocycles. The van der Waals surface area contributed by atoms with Gasteiger partial charge in [-0.1, -0.05) is 30.3 Å². The molecular formula is C13H11F6NO3. The highest BCUT2D eigenvalue weighted by Gasteiger charge is 2.41. The van der Waals surface area contributed by atoms with Crippen LogP contribution in [0, 0.1) is 0 Å². The van der Waals surface area contributed by atoms with Crippen molar-refractivity contribution in [1.82, 2.24) is 5.32 Å². The maximum atomic E-state index is 12.2. The average Bonchev–Trinajstić information content (AvgIpc) is 2.43. The third-order valence-corrected chi connectivity index (χ3v) is 2.51. The molecule has 0 saturated carbocycles. The van der Waals surface area contributed by atoms with E-state index in [9.17, 15) is 35.9 Å². The summed E-state index contributed by atoms with van der Waals surface area (Å²) in [4.78, 5) is 22.5. The van der Waals surface area contributed by atoms with Crippen LogP contribution in [0.2, 0.25) is 0 Å². The molecular weight excluding hydrogens is 332 g/mol. The Morgan fingerprint density at radius 1 is 1.04 bits per heavy atom. The van der Waals surface area contributed by atoms with Crippen LogP contribution in [-0.4, -0.2) is 36.9 Å². The summed E-state index contributed by atoms with van der Waals surface area (Å²) < 4.78 is 76.7. The van der Waals surface area contributed by atoms with Gasteiger partial charge in [0.1, 0.15) is 6.04 Å². The Bertz CT molecular complexity index is 541. The van der Waals surface area contributed by atoms with E-state index in [1.165, 1.54) is 29.6 Å². The number of ether oxygens (including phenoxy) is 1. The second-order valence-corrected chi connectivity index (χ2v) is 4.44. The molecule has 0 aliphatic heterocycles. The van der Waals surface area contributed by atoms with E-state index < -0.39 is 43.3 Å². The van der Waals surface area contributed by atoms with Crippen LogP contribution in [0.3, 0.4) is 0 Å². The Balaban J connectivity index is 2.83. The van der Waals surface area contributed by atoms with E-state index in [1.807, 2.05) is 0 Å². The molecule has 0 bridgehead atoms. The lowest BCUT2D eigenvalue weighted by molar-refractivity contribution is -0.189. The van der Waals surface area contributed by atoms with Crippen LogP contribution in [0.15, 0.2) is 30.3 Å². The van der Waals surface area contributed by atoms with Gasteiger partial charge in [0.25, 0.3) is 0 Å². The highest BCUT2D eigenvalue weighted by atomic mass is 19.4. The maximum Gasteiger partial charge on any atom is 0.471 e. The molecule has 0 unspecified atom stereocenters. The van der Waals surface area contributed by atoms with E-state index in [2.05, 4.69) is 4.74 Å². The first-order valence-corrected chi connectivity index (χ1v) is 6.14. The molecule has 1 aromatic rings. The largest absolute Gasteiger partial charge is 0.471 e. The number of alkyl halides is 6. The Morgan fingerprint density at radius 3 is 2.09 bits per heavy atom. The molecule has 23 heavy (non-hydrogen) atoms. The van der Waals surface area contributed by atoms with Crippen molar-refractivity contribution in [2.75, 3.05) is 6.61 Å². The summed E-state index contributed by atoms with van der Waals surface area (Å²) >= 11 is 0. The molecule has 0 spiro atoms. The summed E-state index contributed by atoms with van der Waals surface area (Å²) in [6.07, 6.45) is -10.6. The second-order valence-electron chi connectivity index (χ2n) is 4.44. The van der Waals surface area contributed by atoms with Crippen molar-refractivity contribution in [3.05, 3.63) is 35.9 Å². The molecule has 1 atom stereocenters. The number of benzene rings is 1.